The third-order valence-corrected chi connectivity index (χ3v) is 5.64. The molecule has 0 bridgehead atoms. The average molecular weight is 378 g/mol. The van der Waals surface area contributed by atoms with Crippen LogP contribution < -0.4 is 0 Å². The third-order valence-electron chi connectivity index (χ3n) is 5.64. The largest absolute Gasteiger partial charge is 0.456 e. The fraction of sp³-hybridized carbons (Fsp3) is 0.304. The van der Waals surface area contributed by atoms with E-state index in [0.717, 1.165) is 45.5 Å². The Kier molecular flexibility index (Phi) is 5.54. The number of hydrogen-bond acceptors (Lipinski definition) is 3. The van der Waals surface area contributed by atoms with Crippen LogP contribution in [0.4, 0.5) is 0 Å². The zero-order valence-electron chi connectivity index (χ0n) is 17.0. The topological polar surface area (TPSA) is 75.0 Å². The standard InChI is InChI=1S/C23H26N2O3/c1-13-14(2)20(24-19(13)11-26)17(5)21-15(3)16(4)22(25-21)23(27)28-12-18-9-7-6-8-10-18/h6-11,17,24-25H,12H2,1-5H3. The number of ether oxygens (including phenoxy) is 1. The van der Waals surface area contributed by atoms with Crippen LogP contribution in [0.3, 0.4) is 0 Å². The molecule has 0 amide bonds. The summed E-state index contributed by atoms with van der Waals surface area (Å²) in [6.45, 7) is 10.2. The maximum Gasteiger partial charge on any atom is 0.355 e. The predicted molar refractivity (Wildman–Crippen MR) is 109 cm³/mol. The summed E-state index contributed by atoms with van der Waals surface area (Å²) in [4.78, 5) is 30.4. The van der Waals surface area contributed by atoms with Crippen molar-refractivity contribution in [2.24, 2.45) is 0 Å². The Morgan fingerprint density at radius 1 is 0.964 bits per heavy atom. The van der Waals surface area contributed by atoms with E-state index < -0.39 is 0 Å². The van der Waals surface area contributed by atoms with Crippen LogP contribution in [-0.4, -0.2) is 22.2 Å². The van der Waals surface area contributed by atoms with Gasteiger partial charge in [0.1, 0.15) is 12.3 Å². The van der Waals surface area contributed by atoms with Crippen LogP contribution in [0.2, 0.25) is 0 Å². The summed E-state index contributed by atoms with van der Waals surface area (Å²) in [5.41, 5.74) is 7.89. The summed E-state index contributed by atoms with van der Waals surface area (Å²) in [6.07, 6.45) is 0.845. The molecular formula is C23H26N2O3. The van der Waals surface area contributed by atoms with E-state index >= 15 is 0 Å². The zero-order chi connectivity index (χ0) is 20.4. The lowest BCUT2D eigenvalue weighted by Gasteiger charge is -2.12. The van der Waals surface area contributed by atoms with E-state index in [9.17, 15) is 9.59 Å². The summed E-state index contributed by atoms with van der Waals surface area (Å²) in [7, 11) is 0. The van der Waals surface area contributed by atoms with Crippen molar-refractivity contribution in [3.8, 4) is 0 Å². The maximum atomic E-state index is 12.6. The van der Waals surface area contributed by atoms with E-state index in [1.54, 1.807) is 0 Å². The van der Waals surface area contributed by atoms with Crippen molar-refractivity contribution >= 4 is 12.3 Å². The number of H-pyrrole nitrogens is 2. The number of aromatic amines is 2. The van der Waals surface area contributed by atoms with E-state index in [0.29, 0.717) is 11.4 Å². The SMILES string of the molecule is Cc1c(C=O)[nH]c(C(C)c2[nH]c(C(=O)OCc3ccccc3)c(C)c2C)c1C. The minimum Gasteiger partial charge on any atom is -0.456 e. The second-order valence-electron chi connectivity index (χ2n) is 7.27. The van der Waals surface area contributed by atoms with Gasteiger partial charge in [-0.05, 0) is 55.5 Å². The van der Waals surface area contributed by atoms with Gasteiger partial charge >= 0.3 is 5.97 Å². The number of aromatic nitrogens is 2. The molecule has 1 atom stereocenters. The molecule has 28 heavy (non-hydrogen) atoms. The second kappa shape index (κ2) is 7.89. The first-order chi connectivity index (χ1) is 13.3. The van der Waals surface area contributed by atoms with Crippen LogP contribution in [0.25, 0.3) is 0 Å². The molecule has 0 aliphatic carbocycles. The third kappa shape index (κ3) is 3.52. The number of hydrogen-bond donors (Lipinski definition) is 2. The molecule has 0 saturated heterocycles. The number of nitrogens with one attached hydrogen (secondary N) is 2. The first-order valence-electron chi connectivity index (χ1n) is 9.39. The quantitative estimate of drug-likeness (QED) is 0.473. The van der Waals surface area contributed by atoms with Gasteiger partial charge in [0.25, 0.3) is 0 Å². The van der Waals surface area contributed by atoms with Crippen LogP contribution in [0, 0.1) is 27.7 Å². The zero-order valence-corrected chi connectivity index (χ0v) is 17.0. The molecule has 0 aliphatic rings. The molecule has 1 aromatic carbocycles. The normalized spacial score (nSPS) is 12.0. The van der Waals surface area contributed by atoms with Crippen molar-refractivity contribution in [1.29, 1.82) is 0 Å². The predicted octanol–water partition coefficient (Wildman–Crippen LogP) is 4.90. The Morgan fingerprint density at radius 3 is 2.18 bits per heavy atom. The van der Waals surface area contributed by atoms with Crippen molar-refractivity contribution in [2.75, 3.05) is 0 Å². The summed E-state index contributed by atoms with van der Waals surface area (Å²) in [5.74, 6) is -0.377. The van der Waals surface area contributed by atoms with E-state index in [1.165, 1.54) is 0 Å². The summed E-state index contributed by atoms with van der Waals surface area (Å²) in [6, 6.07) is 9.61. The van der Waals surface area contributed by atoms with Crippen LogP contribution in [0.15, 0.2) is 30.3 Å². The minimum absolute atomic E-state index is 0.0122. The van der Waals surface area contributed by atoms with Gasteiger partial charge in [-0.1, -0.05) is 37.3 Å². The highest BCUT2D eigenvalue weighted by Crippen LogP contribution is 2.32. The van der Waals surface area contributed by atoms with Gasteiger partial charge in [-0.25, -0.2) is 4.79 Å². The molecule has 0 spiro atoms. The Bertz CT molecular complexity index is 1010. The monoisotopic (exact) mass is 378 g/mol. The molecule has 5 nitrogen and oxygen atoms in total. The molecule has 0 radical (unpaired) electrons. The first-order valence-corrected chi connectivity index (χ1v) is 9.39. The lowest BCUT2D eigenvalue weighted by atomic mass is 9.96. The number of aldehydes is 1. The number of rotatable bonds is 6. The lowest BCUT2D eigenvalue weighted by Crippen LogP contribution is -2.08. The summed E-state index contributed by atoms with van der Waals surface area (Å²) < 4.78 is 5.49. The average Bonchev–Trinajstić information content (AvgIpc) is 3.17. The van der Waals surface area contributed by atoms with Gasteiger partial charge in [0, 0.05) is 17.3 Å². The fourth-order valence-corrected chi connectivity index (χ4v) is 3.58. The first kappa shape index (κ1) is 19.7. The van der Waals surface area contributed by atoms with Crippen molar-refractivity contribution in [1.82, 2.24) is 9.97 Å². The van der Waals surface area contributed by atoms with Crippen LogP contribution in [-0.2, 0) is 11.3 Å². The van der Waals surface area contributed by atoms with Gasteiger partial charge in [0.15, 0.2) is 6.29 Å². The van der Waals surface area contributed by atoms with E-state index in [-0.39, 0.29) is 18.5 Å². The molecule has 2 heterocycles. The van der Waals surface area contributed by atoms with Crippen molar-refractivity contribution in [2.45, 2.75) is 47.1 Å². The van der Waals surface area contributed by atoms with Gasteiger partial charge in [0.05, 0.1) is 5.69 Å². The molecule has 3 rings (SSSR count). The summed E-state index contributed by atoms with van der Waals surface area (Å²) >= 11 is 0. The molecular weight excluding hydrogens is 352 g/mol. The maximum absolute atomic E-state index is 12.6. The number of benzene rings is 1. The Balaban J connectivity index is 1.86. The minimum atomic E-state index is -0.365. The molecule has 146 valence electrons. The summed E-state index contributed by atoms with van der Waals surface area (Å²) in [5, 5.41) is 0. The van der Waals surface area contributed by atoms with Gasteiger partial charge in [0.2, 0.25) is 0 Å². The Hall–Kier alpha value is -3.08. The molecule has 2 aromatic heterocycles. The lowest BCUT2D eigenvalue weighted by molar-refractivity contribution is 0.0465. The fourth-order valence-electron chi connectivity index (χ4n) is 3.58. The molecule has 1 unspecified atom stereocenters. The smallest absolute Gasteiger partial charge is 0.355 e. The Labute approximate surface area is 165 Å². The van der Waals surface area contributed by atoms with Crippen molar-refractivity contribution in [3.05, 3.63) is 80.9 Å². The Morgan fingerprint density at radius 2 is 1.57 bits per heavy atom. The molecule has 0 saturated carbocycles. The van der Waals surface area contributed by atoms with Crippen LogP contribution in [0.1, 0.15) is 73.0 Å². The number of carbonyl (C=O) groups excluding carboxylic acids is 2. The van der Waals surface area contributed by atoms with Gasteiger partial charge in [-0.2, -0.15) is 0 Å². The van der Waals surface area contributed by atoms with Gasteiger partial charge in [-0.3, -0.25) is 4.79 Å². The van der Waals surface area contributed by atoms with Gasteiger partial charge < -0.3 is 14.7 Å². The molecule has 2 N–H and O–H groups in total. The van der Waals surface area contributed by atoms with E-state index in [4.69, 9.17) is 4.74 Å². The molecule has 0 aliphatic heterocycles. The van der Waals surface area contributed by atoms with E-state index in [2.05, 4.69) is 16.9 Å². The van der Waals surface area contributed by atoms with Gasteiger partial charge in [-0.15, -0.1) is 0 Å². The highest BCUT2D eigenvalue weighted by Gasteiger charge is 2.24. The van der Waals surface area contributed by atoms with E-state index in [1.807, 2.05) is 58.0 Å². The highest BCUT2D eigenvalue weighted by molar-refractivity contribution is 5.90. The molecule has 5 heteroatoms. The van der Waals surface area contributed by atoms with Crippen molar-refractivity contribution < 1.29 is 14.3 Å². The number of carbonyl (C=O) groups is 2. The van der Waals surface area contributed by atoms with Crippen LogP contribution >= 0.6 is 0 Å². The molecule has 3 aromatic rings. The highest BCUT2D eigenvalue weighted by atomic mass is 16.5. The van der Waals surface area contributed by atoms with Crippen LogP contribution in [0.5, 0.6) is 0 Å². The second-order valence-corrected chi connectivity index (χ2v) is 7.27. The van der Waals surface area contributed by atoms with Crippen molar-refractivity contribution in [3.63, 3.8) is 0 Å². The molecule has 0 fully saturated rings. The number of esters is 1.